The fourth-order valence-corrected chi connectivity index (χ4v) is 4.02. The van der Waals surface area contributed by atoms with Crippen LogP contribution in [0.3, 0.4) is 0 Å². The molecule has 2 aromatic carbocycles. The molecule has 3 aromatic rings. The van der Waals surface area contributed by atoms with Crippen LogP contribution in [0.1, 0.15) is 52.5 Å². The molecule has 0 fully saturated rings. The molecule has 0 aliphatic heterocycles. The zero-order chi connectivity index (χ0) is 25.2. The maximum atomic E-state index is 13.1. The first-order valence-corrected chi connectivity index (χ1v) is 11.3. The highest BCUT2D eigenvalue weighted by atomic mass is 16.4. The third-order valence-electron chi connectivity index (χ3n) is 6.12. The number of phenolic OH excluding ortho intramolecular Hbond substituents is 4. The quantitative estimate of drug-likeness (QED) is 0.170. The number of benzene rings is 2. The minimum absolute atomic E-state index is 0.0149. The number of fused-ring (bicyclic) bond motifs is 2. The van der Waals surface area contributed by atoms with Crippen LogP contribution in [0.2, 0.25) is 0 Å². The van der Waals surface area contributed by atoms with Gasteiger partial charge in [0.05, 0.1) is 5.39 Å². The van der Waals surface area contributed by atoms with E-state index in [1.165, 1.54) is 23.3 Å². The van der Waals surface area contributed by atoms with E-state index in [4.69, 9.17) is 4.42 Å². The first-order valence-electron chi connectivity index (χ1n) is 11.3. The Balaban J connectivity index is 2.07. The van der Waals surface area contributed by atoms with E-state index in [0.29, 0.717) is 18.4 Å². The van der Waals surface area contributed by atoms with Crippen molar-refractivity contribution >= 4 is 21.9 Å². The summed E-state index contributed by atoms with van der Waals surface area (Å²) in [4.78, 5) is 13.1. The number of allylic oxidation sites excluding steroid dienone is 5. The van der Waals surface area contributed by atoms with E-state index >= 15 is 0 Å². The Labute approximate surface area is 198 Å². The molecular weight excluding hydrogens is 432 g/mol. The van der Waals surface area contributed by atoms with Crippen molar-refractivity contribution in [2.24, 2.45) is 5.92 Å². The lowest BCUT2D eigenvalue weighted by atomic mass is 9.88. The molecule has 0 unspecified atom stereocenters. The molecule has 0 saturated heterocycles. The van der Waals surface area contributed by atoms with Crippen LogP contribution < -0.4 is 5.43 Å². The average Bonchev–Trinajstić information content (AvgIpc) is 2.75. The highest BCUT2D eigenvalue weighted by Crippen LogP contribution is 2.40. The highest BCUT2D eigenvalue weighted by molar-refractivity contribution is 5.98. The van der Waals surface area contributed by atoms with Crippen molar-refractivity contribution in [3.05, 3.63) is 69.4 Å². The van der Waals surface area contributed by atoms with E-state index in [9.17, 15) is 25.2 Å². The molecule has 0 saturated carbocycles. The molecule has 3 rings (SSSR count). The SMILES string of the molecule is C=C(C)[C@@H](C/C=C(\C)CCC=C(C)C)Cc1c(O)cc(O)c2c(=O)c3ccc(O)c(O)c3oc12. The Morgan fingerprint density at radius 3 is 2.35 bits per heavy atom. The summed E-state index contributed by atoms with van der Waals surface area (Å²) < 4.78 is 5.83. The second kappa shape index (κ2) is 10.1. The van der Waals surface area contributed by atoms with Crippen LogP contribution in [-0.2, 0) is 6.42 Å². The Kier molecular flexibility index (Phi) is 7.40. The van der Waals surface area contributed by atoms with Crippen LogP contribution in [-0.4, -0.2) is 20.4 Å². The van der Waals surface area contributed by atoms with Gasteiger partial charge in [0, 0.05) is 11.6 Å². The molecule has 0 spiro atoms. The second-order valence-electron chi connectivity index (χ2n) is 9.19. The molecule has 0 amide bonds. The summed E-state index contributed by atoms with van der Waals surface area (Å²) >= 11 is 0. The van der Waals surface area contributed by atoms with E-state index in [1.54, 1.807) is 0 Å². The van der Waals surface area contributed by atoms with Crippen LogP contribution in [0.4, 0.5) is 0 Å². The van der Waals surface area contributed by atoms with E-state index in [0.717, 1.165) is 24.5 Å². The molecule has 1 heterocycles. The maximum absolute atomic E-state index is 13.1. The van der Waals surface area contributed by atoms with Gasteiger partial charge in [0.15, 0.2) is 11.3 Å². The van der Waals surface area contributed by atoms with Crippen LogP contribution in [0, 0.1) is 5.92 Å². The van der Waals surface area contributed by atoms with Crippen molar-refractivity contribution in [2.75, 3.05) is 0 Å². The van der Waals surface area contributed by atoms with Gasteiger partial charge in [0.1, 0.15) is 22.5 Å². The van der Waals surface area contributed by atoms with Crippen LogP contribution >= 0.6 is 0 Å². The van der Waals surface area contributed by atoms with Crippen molar-refractivity contribution in [1.82, 2.24) is 0 Å². The normalized spacial score (nSPS) is 12.8. The van der Waals surface area contributed by atoms with Gasteiger partial charge in [-0.15, -0.1) is 0 Å². The van der Waals surface area contributed by atoms with Crippen molar-refractivity contribution < 1.29 is 24.8 Å². The molecular formula is C28H32O6. The molecule has 0 radical (unpaired) electrons. The highest BCUT2D eigenvalue weighted by Gasteiger charge is 2.23. The molecule has 0 aliphatic rings. The lowest BCUT2D eigenvalue weighted by Gasteiger charge is -2.18. The van der Waals surface area contributed by atoms with Crippen LogP contribution in [0.25, 0.3) is 21.9 Å². The first kappa shape index (κ1) is 25.0. The summed E-state index contributed by atoms with van der Waals surface area (Å²) in [5.41, 5.74) is 2.98. The number of hydrogen-bond acceptors (Lipinski definition) is 6. The van der Waals surface area contributed by atoms with Gasteiger partial charge in [0.2, 0.25) is 11.2 Å². The van der Waals surface area contributed by atoms with E-state index in [1.807, 2.05) is 6.92 Å². The van der Waals surface area contributed by atoms with E-state index in [-0.39, 0.29) is 33.6 Å². The molecule has 6 nitrogen and oxygen atoms in total. The topological polar surface area (TPSA) is 111 Å². The summed E-state index contributed by atoms with van der Waals surface area (Å²) in [6.07, 6.45) is 7.28. The predicted molar refractivity (Wildman–Crippen MR) is 136 cm³/mol. The molecule has 0 bridgehead atoms. The summed E-state index contributed by atoms with van der Waals surface area (Å²) in [6.45, 7) is 12.2. The van der Waals surface area contributed by atoms with Crippen molar-refractivity contribution in [2.45, 2.75) is 53.4 Å². The zero-order valence-electron chi connectivity index (χ0n) is 20.1. The molecule has 1 aromatic heterocycles. The lowest BCUT2D eigenvalue weighted by Crippen LogP contribution is -2.09. The minimum atomic E-state index is -0.573. The van der Waals surface area contributed by atoms with Gasteiger partial charge in [0.25, 0.3) is 0 Å². The number of aromatic hydroxyl groups is 4. The number of phenols is 4. The molecule has 180 valence electrons. The standard InChI is InChI=1S/C28H32O6/c1-15(2)7-6-8-17(5)9-10-18(16(3)4)13-20-22(30)14-23(31)24-25(32)19-11-12-21(29)26(33)28(19)34-27(20)24/h7,9,11-12,14,18,29-31,33H,3,6,8,10,13H2,1-2,4-5H3/b17-9+/t18-/m0/s1. The third kappa shape index (κ3) is 5.11. The molecule has 1 atom stereocenters. The van der Waals surface area contributed by atoms with E-state index < -0.39 is 22.7 Å². The van der Waals surface area contributed by atoms with Gasteiger partial charge < -0.3 is 24.8 Å². The summed E-state index contributed by atoms with van der Waals surface area (Å²) in [5.74, 6) is -1.70. The van der Waals surface area contributed by atoms with Crippen molar-refractivity contribution in [1.29, 1.82) is 0 Å². The first-order chi connectivity index (χ1) is 16.0. The fraction of sp³-hybridized carbons (Fsp3) is 0.321. The Morgan fingerprint density at radius 1 is 1.00 bits per heavy atom. The predicted octanol–water partition coefficient (Wildman–Crippen LogP) is 6.59. The second-order valence-corrected chi connectivity index (χ2v) is 9.19. The maximum Gasteiger partial charge on any atom is 0.204 e. The molecule has 6 heteroatoms. The van der Waals surface area contributed by atoms with Crippen LogP contribution in [0.15, 0.2) is 62.9 Å². The van der Waals surface area contributed by atoms with Gasteiger partial charge in [-0.2, -0.15) is 0 Å². The molecule has 4 N–H and O–H groups in total. The van der Waals surface area contributed by atoms with Gasteiger partial charge in [-0.05, 0) is 71.4 Å². The fourth-order valence-electron chi connectivity index (χ4n) is 4.02. The average molecular weight is 465 g/mol. The minimum Gasteiger partial charge on any atom is -0.507 e. The van der Waals surface area contributed by atoms with Crippen molar-refractivity contribution in [3.8, 4) is 23.0 Å². The Bertz CT molecular complexity index is 1370. The van der Waals surface area contributed by atoms with Gasteiger partial charge in [-0.25, -0.2) is 0 Å². The smallest absolute Gasteiger partial charge is 0.204 e. The van der Waals surface area contributed by atoms with Crippen LogP contribution in [0.5, 0.6) is 23.0 Å². The molecule has 34 heavy (non-hydrogen) atoms. The van der Waals surface area contributed by atoms with Crippen molar-refractivity contribution in [3.63, 3.8) is 0 Å². The van der Waals surface area contributed by atoms with Gasteiger partial charge >= 0.3 is 0 Å². The number of hydrogen-bond donors (Lipinski definition) is 4. The summed E-state index contributed by atoms with van der Waals surface area (Å²) in [7, 11) is 0. The largest absolute Gasteiger partial charge is 0.507 e. The summed E-state index contributed by atoms with van der Waals surface area (Å²) in [5, 5.41) is 41.1. The third-order valence-corrected chi connectivity index (χ3v) is 6.12. The zero-order valence-corrected chi connectivity index (χ0v) is 20.1. The Morgan fingerprint density at radius 2 is 1.71 bits per heavy atom. The van der Waals surface area contributed by atoms with Gasteiger partial charge in [-0.3, -0.25) is 4.79 Å². The summed E-state index contributed by atoms with van der Waals surface area (Å²) in [6, 6.07) is 3.64. The van der Waals surface area contributed by atoms with Gasteiger partial charge in [-0.1, -0.05) is 35.5 Å². The Hall–Kier alpha value is -3.67. The van der Waals surface area contributed by atoms with E-state index in [2.05, 4.69) is 39.5 Å². The molecule has 0 aliphatic carbocycles. The monoisotopic (exact) mass is 464 g/mol. The number of rotatable bonds is 8. The lowest BCUT2D eigenvalue weighted by molar-refractivity contribution is 0.400.